The number of carbonyl (C=O) groups is 2. The minimum absolute atomic E-state index is 0.119. The molecule has 1 aliphatic heterocycles. The summed E-state index contributed by atoms with van der Waals surface area (Å²) in [5.74, 6) is -3.13. The summed E-state index contributed by atoms with van der Waals surface area (Å²) in [5, 5.41) is 12.0. The lowest BCUT2D eigenvalue weighted by Crippen LogP contribution is -2.28. The number of nitrogens with zero attached hydrogens (tertiary/aromatic N) is 1. The Labute approximate surface area is 276 Å². The van der Waals surface area contributed by atoms with E-state index in [-0.39, 0.29) is 29.2 Å². The average Bonchev–Trinajstić information content (AvgIpc) is 3.28. The number of methoxy groups -OCH3 is 1. The lowest BCUT2D eigenvalue weighted by molar-refractivity contribution is -0.142. The summed E-state index contributed by atoms with van der Waals surface area (Å²) in [6.45, 7) is 3.13. The Morgan fingerprint density at radius 2 is 1.63 bits per heavy atom. The molecule has 1 N–H and O–H groups in total. The van der Waals surface area contributed by atoms with Gasteiger partial charge in [0.05, 0.1) is 47.4 Å². The van der Waals surface area contributed by atoms with Gasteiger partial charge in [-0.25, -0.2) is 26.4 Å². The molecule has 0 fully saturated rings. The monoisotopic (exact) mass is 709 g/mol. The number of fused-ring (bicyclic) bond motifs is 2. The number of sulfone groups is 2. The Hall–Kier alpha value is -3.85. The molecule has 46 heavy (non-hydrogen) atoms. The van der Waals surface area contributed by atoms with E-state index in [4.69, 9.17) is 25.8 Å². The van der Waals surface area contributed by atoms with Crippen LogP contribution in [-0.4, -0.2) is 83.1 Å². The fourth-order valence-electron chi connectivity index (χ4n) is 4.67. The van der Waals surface area contributed by atoms with Gasteiger partial charge in [0.25, 0.3) is 0 Å². The zero-order chi connectivity index (χ0) is 33.8. The van der Waals surface area contributed by atoms with Gasteiger partial charge in [-0.05, 0) is 35.4 Å². The van der Waals surface area contributed by atoms with Crippen molar-refractivity contribution in [1.29, 1.82) is 0 Å². The van der Waals surface area contributed by atoms with Gasteiger partial charge < -0.3 is 24.2 Å². The van der Waals surface area contributed by atoms with Crippen LogP contribution in [0.3, 0.4) is 0 Å². The number of rotatable bonds is 12. The SMILES string of the molecule is C=CC1c2cc(OC)c(O)cc2C=C(C(=O)OCCS(C)(=O)=O)C(C(=O)OCCS(C)(=O)=O)=CN1Cc1sc2ccccc2c1Cl. The first kappa shape index (κ1) is 35.0. The van der Waals surface area contributed by atoms with E-state index < -0.39 is 62.4 Å². The average molecular weight is 710 g/mol. The molecular formula is C31H32ClNO10S3. The van der Waals surface area contributed by atoms with E-state index in [9.17, 15) is 31.5 Å². The molecule has 1 unspecified atom stereocenters. The molecule has 0 saturated heterocycles. The molecule has 246 valence electrons. The Kier molecular flexibility index (Phi) is 10.9. The van der Waals surface area contributed by atoms with Crippen molar-refractivity contribution in [1.82, 2.24) is 4.90 Å². The van der Waals surface area contributed by atoms with Crippen LogP contribution in [0.25, 0.3) is 16.2 Å². The molecule has 2 aromatic carbocycles. The molecular weight excluding hydrogens is 678 g/mol. The molecule has 2 heterocycles. The fourth-order valence-corrected chi connectivity index (χ4v) is 6.94. The highest BCUT2D eigenvalue weighted by Crippen LogP contribution is 2.42. The van der Waals surface area contributed by atoms with Gasteiger partial charge in [0.15, 0.2) is 31.2 Å². The summed E-state index contributed by atoms with van der Waals surface area (Å²) in [7, 11) is -5.60. The van der Waals surface area contributed by atoms with Gasteiger partial charge in [-0.15, -0.1) is 17.9 Å². The van der Waals surface area contributed by atoms with E-state index in [2.05, 4.69) is 6.58 Å². The van der Waals surface area contributed by atoms with Crippen LogP contribution < -0.4 is 4.74 Å². The number of phenols is 1. The van der Waals surface area contributed by atoms with E-state index in [0.717, 1.165) is 27.5 Å². The highest BCUT2D eigenvalue weighted by molar-refractivity contribution is 7.90. The maximum absolute atomic E-state index is 13.6. The minimum Gasteiger partial charge on any atom is -0.504 e. The van der Waals surface area contributed by atoms with Crippen molar-refractivity contribution in [2.45, 2.75) is 12.6 Å². The van der Waals surface area contributed by atoms with Crippen LogP contribution in [0, 0.1) is 0 Å². The number of hydrogen-bond donors (Lipinski definition) is 1. The molecule has 11 nitrogen and oxygen atoms in total. The van der Waals surface area contributed by atoms with Gasteiger partial charge >= 0.3 is 11.9 Å². The summed E-state index contributed by atoms with van der Waals surface area (Å²) in [4.78, 5) is 29.6. The number of halogens is 1. The predicted octanol–water partition coefficient (Wildman–Crippen LogP) is 4.45. The quantitative estimate of drug-likeness (QED) is 0.210. The standard InChI is InChI=1S/C31H32ClNO10S3/c1-5-24-21-16-26(41-2)25(34)15-19(21)14-22(30(35)42-10-12-45(3,37)38)23(31(36)43-11-13-46(4,39)40)17-33(24)18-28-29(32)20-8-6-7-9-27(20)44-28/h5-9,14-17,24,34H,1,10-13,18H2,2-4H3. The molecule has 15 heteroatoms. The highest BCUT2D eigenvalue weighted by Gasteiger charge is 2.31. The molecule has 0 radical (unpaired) electrons. The Morgan fingerprint density at radius 1 is 1.02 bits per heavy atom. The third kappa shape index (κ3) is 8.49. The van der Waals surface area contributed by atoms with Crippen LogP contribution in [0.1, 0.15) is 22.0 Å². The largest absolute Gasteiger partial charge is 0.504 e. The second-order valence-electron chi connectivity index (χ2n) is 10.5. The zero-order valence-electron chi connectivity index (χ0n) is 25.2. The number of thiophene rings is 1. The molecule has 1 aliphatic rings. The second kappa shape index (κ2) is 14.3. The van der Waals surface area contributed by atoms with Crippen molar-refractivity contribution in [2.24, 2.45) is 0 Å². The summed E-state index contributed by atoms with van der Waals surface area (Å²) >= 11 is 8.23. The molecule has 0 amide bonds. The van der Waals surface area contributed by atoms with Gasteiger partial charge in [0.1, 0.15) is 13.2 Å². The summed E-state index contributed by atoms with van der Waals surface area (Å²) in [6.07, 6.45) is 6.26. The first-order chi connectivity index (χ1) is 21.6. The number of hydrogen-bond acceptors (Lipinski definition) is 12. The Balaban J connectivity index is 1.92. The van der Waals surface area contributed by atoms with Crippen LogP contribution in [0.15, 0.2) is 66.4 Å². The van der Waals surface area contributed by atoms with E-state index in [1.807, 2.05) is 24.3 Å². The molecule has 1 aromatic heterocycles. The third-order valence-electron chi connectivity index (χ3n) is 6.91. The van der Waals surface area contributed by atoms with Gasteiger partial charge in [0, 0.05) is 33.7 Å². The van der Waals surface area contributed by atoms with Gasteiger partial charge in [-0.3, -0.25) is 0 Å². The second-order valence-corrected chi connectivity index (χ2v) is 16.5. The molecule has 3 aromatic rings. The zero-order valence-corrected chi connectivity index (χ0v) is 28.4. The smallest absolute Gasteiger partial charge is 0.340 e. The Bertz CT molecular complexity index is 1960. The number of ether oxygens (including phenoxy) is 3. The molecule has 0 bridgehead atoms. The number of carbonyl (C=O) groups excluding carboxylic acids is 2. The van der Waals surface area contributed by atoms with Crippen LogP contribution in [0.4, 0.5) is 0 Å². The predicted molar refractivity (Wildman–Crippen MR) is 177 cm³/mol. The first-order valence-corrected chi connectivity index (χ1v) is 19.0. The van der Waals surface area contributed by atoms with Crippen molar-refractivity contribution in [3.05, 3.63) is 87.4 Å². The van der Waals surface area contributed by atoms with Gasteiger partial charge in [0.2, 0.25) is 0 Å². The van der Waals surface area contributed by atoms with E-state index in [0.29, 0.717) is 16.1 Å². The summed E-state index contributed by atoms with van der Waals surface area (Å²) in [5.41, 5.74) is 0.200. The van der Waals surface area contributed by atoms with Crippen LogP contribution >= 0.6 is 22.9 Å². The maximum atomic E-state index is 13.6. The van der Waals surface area contributed by atoms with Gasteiger partial charge in [-0.1, -0.05) is 35.9 Å². The number of esters is 2. The Morgan fingerprint density at radius 3 is 2.20 bits per heavy atom. The normalized spacial score (nSPS) is 15.2. The minimum atomic E-state index is -3.49. The third-order valence-corrected chi connectivity index (χ3v) is 10.4. The van der Waals surface area contributed by atoms with Crippen LogP contribution in [-0.2, 0) is 45.3 Å². The molecule has 1 atom stereocenters. The summed E-state index contributed by atoms with van der Waals surface area (Å²) in [6, 6.07) is 9.79. The maximum Gasteiger partial charge on any atom is 0.340 e. The molecule has 0 spiro atoms. The molecule has 0 saturated carbocycles. The van der Waals surface area contributed by atoms with Crippen LogP contribution in [0.2, 0.25) is 5.02 Å². The van der Waals surface area contributed by atoms with Crippen molar-refractivity contribution < 1.29 is 45.7 Å². The fraction of sp³-hybridized carbons (Fsp3) is 0.290. The lowest BCUT2D eigenvalue weighted by atomic mass is 9.92. The van der Waals surface area contributed by atoms with E-state index in [1.54, 1.807) is 17.0 Å². The molecule has 4 rings (SSSR count). The lowest BCUT2D eigenvalue weighted by Gasteiger charge is -2.32. The van der Waals surface area contributed by atoms with Crippen molar-refractivity contribution in [3.8, 4) is 11.5 Å². The molecule has 0 aliphatic carbocycles. The van der Waals surface area contributed by atoms with E-state index >= 15 is 0 Å². The number of aromatic hydroxyl groups is 1. The van der Waals surface area contributed by atoms with Crippen LogP contribution in [0.5, 0.6) is 11.5 Å². The summed E-state index contributed by atoms with van der Waals surface area (Å²) < 4.78 is 63.7. The van der Waals surface area contributed by atoms with Gasteiger partial charge in [-0.2, -0.15) is 0 Å². The van der Waals surface area contributed by atoms with Crippen molar-refractivity contribution in [2.75, 3.05) is 44.3 Å². The number of phenolic OH excluding ortho intramolecular Hbond substituents is 1. The van der Waals surface area contributed by atoms with Crippen molar-refractivity contribution >= 4 is 70.7 Å². The van der Waals surface area contributed by atoms with Crippen molar-refractivity contribution in [3.63, 3.8) is 0 Å². The number of benzene rings is 2. The highest BCUT2D eigenvalue weighted by atomic mass is 35.5. The first-order valence-electron chi connectivity index (χ1n) is 13.7. The topological polar surface area (TPSA) is 154 Å². The van der Waals surface area contributed by atoms with E-state index in [1.165, 1.54) is 36.8 Å².